The Balaban J connectivity index is 2.46. The van der Waals surface area contributed by atoms with Crippen LogP contribution in [0.15, 0.2) is 34.5 Å². The highest BCUT2D eigenvalue weighted by atomic mass is 79.9. The van der Waals surface area contributed by atoms with Crippen LogP contribution in [0.5, 0.6) is 0 Å². The molecule has 4 nitrogen and oxygen atoms in total. The standard InChI is InChI=1S/C19H23BrF2N2O2/c1-12-17(19(25)26-3)18(14-7-8-15(21)16(22)11-14)24(13(2)23-12)10-6-4-5-9-20/h7-8,11,18H,4-6,9-10H2,1-3H3. The average molecular weight is 429 g/mol. The van der Waals surface area contributed by atoms with Crippen LogP contribution in [-0.4, -0.2) is 35.7 Å². The van der Waals surface area contributed by atoms with Gasteiger partial charge in [0.05, 0.1) is 24.4 Å². The summed E-state index contributed by atoms with van der Waals surface area (Å²) >= 11 is 3.41. The number of halogens is 3. The van der Waals surface area contributed by atoms with Gasteiger partial charge < -0.3 is 9.64 Å². The van der Waals surface area contributed by atoms with Gasteiger partial charge in [-0.3, -0.25) is 0 Å². The molecule has 0 saturated carbocycles. The summed E-state index contributed by atoms with van der Waals surface area (Å²) in [5, 5.41) is 0.930. The third kappa shape index (κ3) is 4.50. The molecule has 0 amide bonds. The summed E-state index contributed by atoms with van der Waals surface area (Å²) in [4.78, 5) is 18.8. The number of nitrogens with zero attached hydrogens (tertiary/aromatic N) is 2. The SMILES string of the molecule is COC(=O)C1=C(C)N=C(C)N(CCCCCBr)C1c1ccc(F)c(F)c1. The van der Waals surface area contributed by atoms with E-state index in [2.05, 4.69) is 20.9 Å². The third-order valence-corrected chi connectivity index (χ3v) is 4.98. The molecule has 0 saturated heterocycles. The lowest BCUT2D eigenvalue weighted by Crippen LogP contribution is -2.40. The molecule has 2 rings (SSSR count). The number of carbonyl (C=O) groups is 1. The maximum Gasteiger partial charge on any atom is 0.338 e. The zero-order chi connectivity index (χ0) is 19.3. The largest absolute Gasteiger partial charge is 0.466 e. The van der Waals surface area contributed by atoms with Crippen molar-refractivity contribution in [3.63, 3.8) is 0 Å². The van der Waals surface area contributed by atoms with Crippen molar-refractivity contribution in [1.29, 1.82) is 0 Å². The monoisotopic (exact) mass is 428 g/mol. The normalized spacial score (nSPS) is 17.4. The number of ether oxygens (including phenoxy) is 1. The number of benzene rings is 1. The summed E-state index contributed by atoms with van der Waals surface area (Å²) in [6, 6.07) is 3.17. The van der Waals surface area contributed by atoms with Crippen molar-refractivity contribution < 1.29 is 18.3 Å². The van der Waals surface area contributed by atoms with Crippen LogP contribution in [0.25, 0.3) is 0 Å². The number of hydrogen-bond donors (Lipinski definition) is 0. The van der Waals surface area contributed by atoms with Crippen LogP contribution in [0.1, 0.15) is 44.7 Å². The number of rotatable bonds is 7. The predicted octanol–water partition coefficient (Wildman–Crippen LogP) is 4.75. The van der Waals surface area contributed by atoms with Gasteiger partial charge in [0.15, 0.2) is 11.6 Å². The van der Waals surface area contributed by atoms with Crippen molar-refractivity contribution in [2.24, 2.45) is 4.99 Å². The predicted molar refractivity (Wildman–Crippen MR) is 101 cm³/mol. The van der Waals surface area contributed by atoms with Gasteiger partial charge in [-0.1, -0.05) is 28.4 Å². The van der Waals surface area contributed by atoms with Gasteiger partial charge in [0.2, 0.25) is 0 Å². The molecule has 1 aliphatic heterocycles. The average Bonchev–Trinajstić information content (AvgIpc) is 2.61. The van der Waals surface area contributed by atoms with Crippen LogP contribution in [0.4, 0.5) is 8.78 Å². The van der Waals surface area contributed by atoms with Crippen molar-refractivity contribution in [2.75, 3.05) is 19.0 Å². The van der Waals surface area contributed by atoms with Gasteiger partial charge >= 0.3 is 5.97 Å². The van der Waals surface area contributed by atoms with E-state index in [9.17, 15) is 13.6 Å². The summed E-state index contributed by atoms with van der Waals surface area (Å²) in [5.74, 6) is -1.63. The second kappa shape index (κ2) is 9.26. The van der Waals surface area contributed by atoms with Gasteiger partial charge in [0, 0.05) is 11.9 Å². The molecule has 0 spiro atoms. The molecular weight excluding hydrogens is 406 g/mol. The Bertz CT molecular complexity index is 734. The van der Waals surface area contributed by atoms with Crippen LogP contribution in [-0.2, 0) is 9.53 Å². The summed E-state index contributed by atoms with van der Waals surface area (Å²) in [7, 11) is 1.30. The zero-order valence-corrected chi connectivity index (χ0v) is 16.8. The fourth-order valence-corrected chi connectivity index (χ4v) is 3.55. The minimum Gasteiger partial charge on any atom is -0.466 e. The summed E-state index contributed by atoms with van der Waals surface area (Å²) in [5.41, 5.74) is 1.38. The fraction of sp³-hybridized carbons (Fsp3) is 0.474. The lowest BCUT2D eigenvalue weighted by atomic mass is 9.93. The highest BCUT2D eigenvalue weighted by molar-refractivity contribution is 9.09. The van der Waals surface area contributed by atoms with E-state index in [4.69, 9.17) is 4.74 Å². The third-order valence-electron chi connectivity index (χ3n) is 4.42. The maximum atomic E-state index is 13.9. The molecule has 142 valence electrons. The number of carbonyl (C=O) groups excluding carboxylic acids is 1. The Hall–Kier alpha value is -1.76. The fourth-order valence-electron chi connectivity index (χ4n) is 3.15. The number of amidine groups is 1. The van der Waals surface area contributed by atoms with E-state index in [1.807, 2.05) is 11.8 Å². The second-order valence-corrected chi connectivity index (χ2v) is 6.96. The highest BCUT2D eigenvalue weighted by Gasteiger charge is 2.35. The molecule has 1 aliphatic rings. The Morgan fingerprint density at radius 3 is 2.58 bits per heavy atom. The molecule has 0 aromatic heterocycles. The number of unbranched alkanes of at least 4 members (excludes halogenated alkanes) is 2. The van der Waals surface area contributed by atoms with Gasteiger partial charge in [-0.2, -0.15) is 0 Å². The van der Waals surface area contributed by atoms with Crippen LogP contribution in [0, 0.1) is 11.6 Å². The topological polar surface area (TPSA) is 41.9 Å². The van der Waals surface area contributed by atoms with Gasteiger partial charge in [-0.05, 0) is 44.4 Å². The molecule has 1 aromatic rings. The number of hydrogen-bond acceptors (Lipinski definition) is 4. The smallest absolute Gasteiger partial charge is 0.338 e. The highest BCUT2D eigenvalue weighted by Crippen LogP contribution is 2.36. The number of allylic oxidation sites excluding steroid dienone is 1. The van der Waals surface area contributed by atoms with Crippen LogP contribution < -0.4 is 0 Å². The van der Waals surface area contributed by atoms with Crippen LogP contribution >= 0.6 is 15.9 Å². The molecule has 0 fully saturated rings. The Kier molecular flexibility index (Phi) is 7.32. The number of esters is 1. The van der Waals surface area contributed by atoms with E-state index in [1.165, 1.54) is 13.2 Å². The van der Waals surface area contributed by atoms with Gasteiger partial charge in [-0.15, -0.1) is 0 Å². The molecule has 26 heavy (non-hydrogen) atoms. The van der Waals surface area contributed by atoms with Crippen molar-refractivity contribution >= 4 is 27.7 Å². The number of methoxy groups -OCH3 is 1. The molecule has 0 radical (unpaired) electrons. The van der Waals surface area contributed by atoms with E-state index >= 15 is 0 Å². The molecule has 0 aliphatic carbocycles. The van der Waals surface area contributed by atoms with E-state index in [0.717, 1.165) is 42.6 Å². The molecular formula is C19H23BrF2N2O2. The first kappa shape index (κ1) is 20.6. The Morgan fingerprint density at radius 1 is 1.23 bits per heavy atom. The Morgan fingerprint density at radius 2 is 1.96 bits per heavy atom. The lowest BCUT2D eigenvalue weighted by molar-refractivity contribution is -0.136. The van der Waals surface area contributed by atoms with E-state index in [1.54, 1.807) is 6.92 Å². The van der Waals surface area contributed by atoms with Gasteiger partial charge in [0.25, 0.3) is 0 Å². The summed E-state index contributed by atoms with van der Waals surface area (Å²) in [6.07, 6.45) is 2.94. The number of aliphatic imine (C=N–C) groups is 1. The van der Waals surface area contributed by atoms with Crippen molar-refractivity contribution in [1.82, 2.24) is 4.90 Å². The molecule has 1 unspecified atom stereocenters. The molecule has 1 aromatic carbocycles. The van der Waals surface area contributed by atoms with E-state index in [0.29, 0.717) is 23.4 Å². The van der Waals surface area contributed by atoms with Crippen LogP contribution in [0.2, 0.25) is 0 Å². The first-order valence-electron chi connectivity index (χ1n) is 8.52. The van der Waals surface area contributed by atoms with Crippen molar-refractivity contribution in [3.8, 4) is 0 Å². The van der Waals surface area contributed by atoms with Crippen molar-refractivity contribution in [2.45, 2.75) is 39.2 Å². The maximum absolute atomic E-state index is 13.9. The quantitative estimate of drug-likeness (QED) is 0.357. The molecule has 0 bridgehead atoms. The molecule has 1 heterocycles. The molecule has 0 N–H and O–H groups in total. The van der Waals surface area contributed by atoms with Crippen LogP contribution in [0.3, 0.4) is 0 Å². The first-order valence-corrected chi connectivity index (χ1v) is 9.64. The molecule has 1 atom stereocenters. The summed E-state index contributed by atoms with van der Waals surface area (Å²) < 4.78 is 32.2. The Labute approximate surface area is 161 Å². The van der Waals surface area contributed by atoms with Gasteiger partial charge in [-0.25, -0.2) is 18.6 Å². The zero-order valence-electron chi connectivity index (χ0n) is 15.2. The molecule has 7 heteroatoms. The minimum absolute atomic E-state index is 0.351. The second-order valence-electron chi connectivity index (χ2n) is 6.17. The minimum atomic E-state index is -0.941. The first-order chi connectivity index (χ1) is 12.4. The van der Waals surface area contributed by atoms with E-state index < -0.39 is 23.6 Å². The van der Waals surface area contributed by atoms with Gasteiger partial charge in [0.1, 0.15) is 5.84 Å². The van der Waals surface area contributed by atoms with Crippen molar-refractivity contribution in [3.05, 3.63) is 46.7 Å². The lowest BCUT2D eigenvalue weighted by Gasteiger charge is -2.38. The van der Waals surface area contributed by atoms with E-state index in [-0.39, 0.29) is 0 Å². The summed E-state index contributed by atoms with van der Waals surface area (Å²) in [6.45, 7) is 4.24. The number of alkyl halides is 1.